The SMILES string of the molecule is CCNC1CCC(C)(CC2CCCC(F)(F)C2)C1. The summed E-state index contributed by atoms with van der Waals surface area (Å²) in [5, 5.41) is 3.50. The molecular formula is C15H27F2N. The van der Waals surface area contributed by atoms with E-state index >= 15 is 0 Å². The maximum Gasteiger partial charge on any atom is 0.248 e. The maximum atomic E-state index is 13.4. The highest BCUT2D eigenvalue weighted by molar-refractivity contribution is 4.92. The molecule has 0 heterocycles. The zero-order valence-electron chi connectivity index (χ0n) is 11.8. The highest BCUT2D eigenvalue weighted by atomic mass is 19.3. The van der Waals surface area contributed by atoms with E-state index in [1.807, 2.05) is 0 Å². The summed E-state index contributed by atoms with van der Waals surface area (Å²) in [6, 6.07) is 0.615. The van der Waals surface area contributed by atoms with E-state index < -0.39 is 5.92 Å². The predicted octanol–water partition coefficient (Wildman–Crippen LogP) is 4.37. The Kier molecular flexibility index (Phi) is 4.30. The summed E-state index contributed by atoms with van der Waals surface area (Å²) in [5.74, 6) is -2.14. The van der Waals surface area contributed by atoms with Gasteiger partial charge >= 0.3 is 0 Å². The average molecular weight is 259 g/mol. The van der Waals surface area contributed by atoms with Gasteiger partial charge in [-0.15, -0.1) is 0 Å². The van der Waals surface area contributed by atoms with E-state index in [0.29, 0.717) is 17.9 Å². The van der Waals surface area contributed by atoms with E-state index in [9.17, 15) is 8.78 Å². The molecule has 2 aliphatic carbocycles. The van der Waals surface area contributed by atoms with E-state index in [4.69, 9.17) is 0 Å². The van der Waals surface area contributed by atoms with Gasteiger partial charge in [0.15, 0.2) is 0 Å². The summed E-state index contributed by atoms with van der Waals surface area (Å²) >= 11 is 0. The lowest BCUT2D eigenvalue weighted by Gasteiger charge is -2.35. The summed E-state index contributed by atoms with van der Waals surface area (Å²) in [6.45, 7) is 5.46. The molecule has 18 heavy (non-hydrogen) atoms. The standard InChI is InChI=1S/C15H27F2N/c1-3-18-13-6-8-14(2,11-13)9-12-5-4-7-15(16,17)10-12/h12-13,18H,3-11H2,1-2H3. The molecule has 3 atom stereocenters. The fourth-order valence-corrected chi connectivity index (χ4v) is 4.12. The zero-order valence-corrected chi connectivity index (χ0v) is 11.8. The third-order valence-corrected chi connectivity index (χ3v) is 4.85. The van der Waals surface area contributed by atoms with Crippen LogP contribution >= 0.6 is 0 Å². The predicted molar refractivity (Wildman–Crippen MR) is 70.9 cm³/mol. The van der Waals surface area contributed by atoms with Gasteiger partial charge in [-0.3, -0.25) is 0 Å². The molecule has 0 spiro atoms. The molecule has 2 aliphatic rings. The number of hydrogen-bond donors (Lipinski definition) is 1. The van der Waals surface area contributed by atoms with Crippen molar-refractivity contribution in [3.8, 4) is 0 Å². The fourth-order valence-electron chi connectivity index (χ4n) is 4.12. The largest absolute Gasteiger partial charge is 0.314 e. The Bertz CT molecular complexity index is 280. The monoisotopic (exact) mass is 259 g/mol. The second-order valence-corrected chi connectivity index (χ2v) is 6.83. The maximum absolute atomic E-state index is 13.4. The van der Waals surface area contributed by atoms with Gasteiger partial charge in [-0.25, -0.2) is 8.78 Å². The zero-order chi connectivity index (χ0) is 13.2. The van der Waals surface area contributed by atoms with E-state index in [1.165, 1.54) is 19.3 Å². The van der Waals surface area contributed by atoms with Crippen LogP contribution in [-0.4, -0.2) is 18.5 Å². The van der Waals surface area contributed by atoms with Crippen LogP contribution < -0.4 is 5.32 Å². The van der Waals surface area contributed by atoms with E-state index in [0.717, 1.165) is 19.4 Å². The van der Waals surface area contributed by atoms with Gasteiger partial charge in [0, 0.05) is 18.9 Å². The lowest BCUT2D eigenvalue weighted by Crippen LogP contribution is -2.31. The van der Waals surface area contributed by atoms with Gasteiger partial charge in [-0.2, -0.15) is 0 Å². The minimum atomic E-state index is -2.39. The van der Waals surface area contributed by atoms with Gasteiger partial charge in [0.25, 0.3) is 0 Å². The van der Waals surface area contributed by atoms with Gasteiger partial charge < -0.3 is 5.32 Å². The molecule has 3 heteroatoms. The normalized spacial score (nSPS) is 40.0. The molecule has 0 amide bonds. The third-order valence-electron chi connectivity index (χ3n) is 4.85. The summed E-state index contributed by atoms with van der Waals surface area (Å²) < 4.78 is 26.9. The van der Waals surface area contributed by atoms with Crippen LogP contribution in [0.15, 0.2) is 0 Å². The first kappa shape index (κ1) is 14.2. The van der Waals surface area contributed by atoms with Crippen LogP contribution in [-0.2, 0) is 0 Å². The van der Waals surface area contributed by atoms with Crippen molar-refractivity contribution in [3.05, 3.63) is 0 Å². The van der Waals surface area contributed by atoms with Crippen LogP contribution in [0.5, 0.6) is 0 Å². The first-order valence-corrected chi connectivity index (χ1v) is 7.54. The van der Waals surface area contributed by atoms with Crippen LogP contribution in [0.25, 0.3) is 0 Å². The first-order chi connectivity index (χ1) is 8.42. The Morgan fingerprint density at radius 1 is 1.17 bits per heavy atom. The van der Waals surface area contributed by atoms with Gasteiger partial charge in [-0.05, 0) is 56.4 Å². The first-order valence-electron chi connectivity index (χ1n) is 7.54. The van der Waals surface area contributed by atoms with Crippen molar-refractivity contribution in [2.75, 3.05) is 6.54 Å². The number of rotatable bonds is 4. The van der Waals surface area contributed by atoms with Gasteiger partial charge in [0.1, 0.15) is 0 Å². The highest BCUT2D eigenvalue weighted by Crippen LogP contribution is 2.47. The molecule has 1 nitrogen and oxygen atoms in total. The van der Waals surface area contributed by atoms with Crippen molar-refractivity contribution in [1.82, 2.24) is 5.32 Å². The second kappa shape index (κ2) is 5.44. The minimum Gasteiger partial charge on any atom is -0.314 e. The lowest BCUT2D eigenvalue weighted by atomic mass is 9.73. The Morgan fingerprint density at radius 2 is 1.94 bits per heavy atom. The van der Waals surface area contributed by atoms with Gasteiger partial charge in [-0.1, -0.05) is 13.8 Å². The quantitative estimate of drug-likeness (QED) is 0.790. The van der Waals surface area contributed by atoms with Crippen molar-refractivity contribution < 1.29 is 8.78 Å². The van der Waals surface area contributed by atoms with Crippen LogP contribution in [0.1, 0.15) is 65.2 Å². The summed E-state index contributed by atoms with van der Waals surface area (Å²) in [6.07, 6.45) is 6.56. The van der Waals surface area contributed by atoms with Crippen molar-refractivity contribution in [2.24, 2.45) is 11.3 Å². The van der Waals surface area contributed by atoms with Crippen LogP contribution in [0.4, 0.5) is 8.78 Å². The number of nitrogens with one attached hydrogen (secondary N) is 1. The average Bonchev–Trinajstić information content (AvgIpc) is 2.59. The highest BCUT2D eigenvalue weighted by Gasteiger charge is 2.41. The Morgan fingerprint density at radius 3 is 2.61 bits per heavy atom. The number of hydrogen-bond acceptors (Lipinski definition) is 1. The molecule has 2 saturated carbocycles. The van der Waals surface area contributed by atoms with Crippen LogP contribution in [0.3, 0.4) is 0 Å². The van der Waals surface area contributed by atoms with Crippen LogP contribution in [0.2, 0.25) is 0 Å². The van der Waals surface area contributed by atoms with E-state index in [-0.39, 0.29) is 18.8 Å². The lowest BCUT2D eigenvalue weighted by molar-refractivity contribution is -0.0587. The molecule has 2 fully saturated rings. The Balaban J connectivity index is 1.85. The number of halogens is 2. The molecule has 0 aliphatic heterocycles. The van der Waals surface area contributed by atoms with E-state index in [2.05, 4.69) is 19.2 Å². The number of alkyl halides is 2. The molecule has 0 radical (unpaired) electrons. The second-order valence-electron chi connectivity index (χ2n) is 6.83. The molecule has 0 aromatic heterocycles. The van der Waals surface area contributed by atoms with Crippen molar-refractivity contribution in [1.29, 1.82) is 0 Å². The molecule has 106 valence electrons. The van der Waals surface area contributed by atoms with Crippen molar-refractivity contribution >= 4 is 0 Å². The molecule has 2 rings (SSSR count). The van der Waals surface area contributed by atoms with Crippen molar-refractivity contribution in [3.63, 3.8) is 0 Å². The smallest absolute Gasteiger partial charge is 0.248 e. The topological polar surface area (TPSA) is 12.0 Å². The summed E-state index contributed by atoms with van der Waals surface area (Å²) in [5.41, 5.74) is 0.297. The van der Waals surface area contributed by atoms with Gasteiger partial charge in [0.2, 0.25) is 5.92 Å². The van der Waals surface area contributed by atoms with E-state index in [1.54, 1.807) is 0 Å². The third kappa shape index (κ3) is 3.66. The van der Waals surface area contributed by atoms with Crippen molar-refractivity contribution in [2.45, 2.75) is 77.2 Å². The molecule has 0 aromatic carbocycles. The van der Waals surface area contributed by atoms with Gasteiger partial charge in [0.05, 0.1) is 0 Å². The molecule has 3 unspecified atom stereocenters. The minimum absolute atomic E-state index is 0.111. The molecule has 0 aromatic rings. The Hall–Kier alpha value is -0.180. The summed E-state index contributed by atoms with van der Waals surface area (Å²) in [4.78, 5) is 0. The van der Waals surface area contributed by atoms with Crippen LogP contribution in [0, 0.1) is 11.3 Å². The molecule has 1 N–H and O–H groups in total. The fraction of sp³-hybridized carbons (Fsp3) is 1.00. The molecule has 0 bridgehead atoms. The molecular weight excluding hydrogens is 232 g/mol. The summed E-state index contributed by atoms with van der Waals surface area (Å²) in [7, 11) is 0. The Labute approximate surface area is 110 Å². The molecule has 0 saturated heterocycles.